The number of hydrogen-bond donors (Lipinski definition) is 4. The van der Waals surface area contributed by atoms with E-state index in [9.17, 15) is 4.79 Å². The number of nitrogens with zero attached hydrogens (tertiary/aromatic N) is 2. The van der Waals surface area contributed by atoms with Crippen molar-refractivity contribution in [1.82, 2.24) is 10.3 Å². The lowest BCUT2D eigenvalue weighted by Gasteiger charge is -2.24. The van der Waals surface area contributed by atoms with E-state index >= 15 is 0 Å². The topological polar surface area (TPSA) is 118 Å². The molecule has 2 rings (SSSR count). The number of aromatic nitrogens is 1. The van der Waals surface area contributed by atoms with Gasteiger partial charge in [0.1, 0.15) is 11.3 Å². The van der Waals surface area contributed by atoms with Crippen molar-refractivity contribution in [2.75, 3.05) is 22.6 Å². The highest BCUT2D eigenvalue weighted by molar-refractivity contribution is 5.85. The Morgan fingerprint density at radius 3 is 2.52 bits per heavy atom. The summed E-state index contributed by atoms with van der Waals surface area (Å²) in [6.07, 6.45) is -0.457. The van der Waals surface area contributed by atoms with Crippen LogP contribution in [0.5, 0.6) is 0 Å². The monoisotopic (exact) mass is 322 g/mol. The van der Waals surface area contributed by atoms with Gasteiger partial charge in [0.05, 0.1) is 17.9 Å². The minimum Gasteiger partial charge on any atom is -0.444 e. The van der Waals surface area contributed by atoms with Gasteiger partial charge >= 0.3 is 6.09 Å². The number of nitrogens with two attached hydrogens (primary N) is 2. The zero-order valence-corrected chi connectivity index (χ0v) is 14.6. The van der Waals surface area contributed by atoms with Crippen LogP contribution in [0.3, 0.4) is 0 Å². The van der Waals surface area contributed by atoms with E-state index in [1.165, 1.54) is 0 Å². The number of amides is 1. The Kier molecular flexibility index (Phi) is 4.06. The zero-order chi connectivity index (χ0) is 17.6. The molecule has 0 spiro atoms. The van der Waals surface area contributed by atoms with Gasteiger partial charge in [-0.1, -0.05) is 0 Å². The number of nitrogen functional groups attached to an aromatic ring is 2. The zero-order valence-electron chi connectivity index (χ0n) is 14.6. The van der Waals surface area contributed by atoms with Gasteiger partial charge in [0.2, 0.25) is 0 Å². The highest BCUT2D eigenvalue weighted by Crippen LogP contribution is 2.44. The van der Waals surface area contributed by atoms with Crippen molar-refractivity contribution in [3.63, 3.8) is 0 Å². The van der Waals surface area contributed by atoms with Gasteiger partial charge in [0.25, 0.3) is 0 Å². The highest BCUT2D eigenvalue weighted by Gasteiger charge is 2.51. The molecule has 128 valence electrons. The number of hydrogen-bond acceptors (Lipinski definition) is 7. The van der Waals surface area contributed by atoms with Crippen LogP contribution in [0.15, 0.2) is 0 Å². The summed E-state index contributed by atoms with van der Waals surface area (Å²) < 4.78 is 5.31. The molecule has 0 aliphatic carbocycles. The van der Waals surface area contributed by atoms with Crippen LogP contribution in [0.25, 0.3) is 0 Å². The van der Waals surface area contributed by atoms with Crippen LogP contribution in [0.2, 0.25) is 0 Å². The van der Waals surface area contributed by atoms with Crippen molar-refractivity contribution >= 4 is 23.3 Å². The normalized spacial score (nSPS) is 20.2. The smallest absolute Gasteiger partial charge is 0.409 e. The summed E-state index contributed by atoms with van der Waals surface area (Å²) in [4.78, 5) is 18.3. The first kappa shape index (κ1) is 17.1. The molecular formula is C15H26N6O2. The number of rotatable bonds is 3. The predicted molar refractivity (Wildman–Crippen MR) is 91.1 cm³/mol. The van der Waals surface area contributed by atoms with Crippen LogP contribution in [0, 0.1) is 13.8 Å². The minimum atomic E-state index is -0.543. The van der Waals surface area contributed by atoms with Crippen LogP contribution in [0.4, 0.5) is 22.0 Å². The molecule has 0 bridgehead atoms. The molecule has 1 unspecified atom stereocenters. The maximum absolute atomic E-state index is 12.0. The minimum absolute atomic E-state index is 0.426. The second kappa shape index (κ2) is 5.45. The summed E-state index contributed by atoms with van der Waals surface area (Å²) >= 11 is 0. The quantitative estimate of drug-likeness (QED) is 0.379. The molecule has 1 aliphatic rings. The average molecular weight is 322 g/mol. The summed E-state index contributed by atoms with van der Waals surface area (Å²) in [6, 6.07) is 0. The number of aryl methyl sites for hydroxylation is 1. The second-order valence-electron chi connectivity index (χ2n) is 7.06. The van der Waals surface area contributed by atoms with E-state index in [0.29, 0.717) is 18.1 Å². The standard InChI is InChI=1S/C15H26N6O2/c1-8-9(2)18-12(20-17)10(16)11(8)21-7-15(21,6)19-13(22)23-14(3,4)5/h7,16-17H2,1-6H3,(H,18,20)(H,19,22). The molecule has 23 heavy (non-hydrogen) atoms. The van der Waals surface area contributed by atoms with E-state index in [1.54, 1.807) is 0 Å². The molecule has 1 saturated heterocycles. The van der Waals surface area contributed by atoms with Crippen molar-refractivity contribution in [2.45, 2.75) is 52.8 Å². The lowest BCUT2D eigenvalue weighted by atomic mass is 10.1. The largest absolute Gasteiger partial charge is 0.444 e. The third kappa shape index (κ3) is 3.42. The molecule has 1 aromatic rings. The Labute approximate surface area is 136 Å². The van der Waals surface area contributed by atoms with Crippen molar-refractivity contribution in [3.8, 4) is 0 Å². The van der Waals surface area contributed by atoms with Crippen LogP contribution in [-0.2, 0) is 4.74 Å². The molecule has 6 N–H and O–H groups in total. The van der Waals surface area contributed by atoms with E-state index in [-0.39, 0.29) is 0 Å². The van der Waals surface area contributed by atoms with Crippen LogP contribution < -0.4 is 27.2 Å². The van der Waals surface area contributed by atoms with Crippen LogP contribution in [0.1, 0.15) is 39.0 Å². The first-order chi connectivity index (χ1) is 10.5. The highest BCUT2D eigenvalue weighted by atomic mass is 16.6. The first-order valence-electron chi connectivity index (χ1n) is 7.50. The average Bonchev–Trinajstić information content (AvgIpc) is 3.02. The fourth-order valence-corrected chi connectivity index (χ4v) is 2.48. The number of hydrazine groups is 1. The molecule has 8 nitrogen and oxygen atoms in total. The van der Waals surface area contributed by atoms with Gasteiger partial charge in [-0.3, -0.25) is 5.32 Å². The van der Waals surface area contributed by atoms with Crippen molar-refractivity contribution in [2.24, 2.45) is 5.84 Å². The molecule has 0 saturated carbocycles. The van der Waals surface area contributed by atoms with Crippen molar-refractivity contribution in [3.05, 3.63) is 11.3 Å². The van der Waals surface area contributed by atoms with Crippen molar-refractivity contribution in [1.29, 1.82) is 0 Å². The molecule has 8 heteroatoms. The molecule has 1 atom stereocenters. The number of pyridine rings is 1. The molecule has 1 amide bonds. The molecule has 0 aromatic carbocycles. The molecular weight excluding hydrogens is 296 g/mol. The Balaban J connectivity index is 2.23. The Morgan fingerprint density at radius 1 is 1.39 bits per heavy atom. The third-order valence-electron chi connectivity index (χ3n) is 3.82. The van der Waals surface area contributed by atoms with Crippen LogP contribution >= 0.6 is 0 Å². The van der Waals surface area contributed by atoms with Gasteiger partial charge in [-0.25, -0.2) is 15.6 Å². The molecule has 2 heterocycles. The first-order valence-corrected chi connectivity index (χ1v) is 7.50. The van der Waals surface area contributed by atoms with Gasteiger partial charge in [-0.15, -0.1) is 0 Å². The molecule has 0 radical (unpaired) electrons. The van der Waals surface area contributed by atoms with E-state index in [2.05, 4.69) is 15.7 Å². The number of ether oxygens (including phenoxy) is 1. The van der Waals surface area contributed by atoms with Gasteiger partial charge in [0.15, 0.2) is 5.82 Å². The van der Waals surface area contributed by atoms with E-state index in [1.807, 2.05) is 46.4 Å². The Morgan fingerprint density at radius 2 is 2.00 bits per heavy atom. The summed E-state index contributed by atoms with van der Waals surface area (Å²) in [5, 5.41) is 2.88. The number of nitrogens with one attached hydrogen (secondary N) is 2. The molecule has 1 aromatic heterocycles. The van der Waals surface area contributed by atoms with Crippen molar-refractivity contribution < 1.29 is 9.53 Å². The Bertz CT molecular complexity index is 640. The van der Waals surface area contributed by atoms with Gasteiger partial charge < -0.3 is 20.8 Å². The van der Waals surface area contributed by atoms with E-state index in [4.69, 9.17) is 16.3 Å². The summed E-state index contributed by atoms with van der Waals surface area (Å²) in [6.45, 7) is 11.9. The third-order valence-corrected chi connectivity index (χ3v) is 3.82. The fourth-order valence-electron chi connectivity index (χ4n) is 2.48. The Hall–Kier alpha value is -2.22. The summed E-state index contributed by atoms with van der Waals surface area (Å²) in [5.74, 6) is 5.90. The van der Waals surface area contributed by atoms with Gasteiger partial charge in [0, 0.05) is 5.69 Å². The predicted octanol–water partition coefficient (Wildman–Crippen LogP) is 1.63. The maximum Gasteiger partial charge on any atom is 0.409 e. The lowest BCUT2D eigenvalue weighted by Crippen LogP contribution is -2.42. The van der Waals surface area contributed by atoms with Gasteiger partial charge in [-0.2, -0.15) is 0 Å². The summed E-state index contributed by atoms with van der Waals surface area (Å²) in [7, 11) is 0. The van der Waals surface area contributed by atoms with E-state index < -0.39 is 17.4 Å². The lowest BCUT2D eigenvalue weighted by molar-refractivity contribution is 0.0503. The van der Waals surface area contributed by atoms with Crippen LogP contribution in [-0.4, -0.2) is 28.9 Å². The number of alkyl carbamates (subject to hydrolysis) is 1. The SMILES string of the molecule is Cc1nc(NN)c(N)c(N2CC2(C)NC(=O)OC(C)(C)C)c1C. The number of anilines is 3. The molecule has 1 fully saturated rings. The number of carbonyl (C=O) groups is 1. The number of carbonyl (C=O) groups excluding carboxylic acids is 1. The van der Waals surface area contributed by atoms with Gasteiger partial charge in [-0.05, 0) is 47.1 Å². The second-order valence-corrected chi connectivity index (χ2v) is 7.06. The molecule has 1 aliphatic heterocycles. The summed E-state index contributed by atoms with van der Waals surface area (Å²) in [5.41, 5.74) is 10.7. The fraction of sp³-hybridized carbons (Fsp3) is 0.600. The van der Waals surface area contributed by atoms with E-state index in [0.717, 1.165) is 16.9 Å². The maximum atomic E-state index is 12.0.